The molecule has 0 unspecified atom stereocenters. The minimum absolute atomic E-state index is 0.320. The molecule has 0 bridgehead atoms. The Morgan fingerprint density at radius 2 is 2.44 bits per heavy atom. The molecule has 1 aliphatic carbocycles. The number of carbonyl (C=O) groups excluding carboxylic acids is 1. The fourth-order valence-corrected chi connectivity index (χ4v) is 0.924. The Hall–Kier alpha value is -0.560. The van der Waals surface area contributed by atoms with E-state index in [1.54, 1.807) is 6.08 Å². The van der Waals surface area contributed by atoms with Gasteiger partial charge in [0.15, 0.2) is 0 Å². The molecule has 0 aromatic rings. The van der Waals surface area contributed by atoms with Crippen LogP contribution in [0.25, 0.3) is 0 Å². The quantitative estimate of drug-likeness (QED) is 0.411. The molecular weight excluding hydrogens is 141 g/mol. The summed E-state index contributed by atoms with van der Waals surface area (Å²) < 4.78 is 0. The average Bonchev–Trinajstić information content (AvgIpc) is 1.90. The van der Waals surface area contributed by atoms with Crippen molar-refractivity contribution in [1.29, 1.82) is 0 Å². The van der Waals surface area contributed by atoms with Gasteiger partial charge in [0.2, 0.25) is 5.24 Å². The van der Waals surface area contributed by atoms with Gasteiger partial charge in [0.1, 0.15) is 0 Å². The van der Waals surface area contributed by atoms with E-state index in [1.165, 1.54) is 0 Å². The van der Waals surface area contributed by atoms with Crippen LogP contribution in [0.1, 0.15) is 12.8 Å². The summed E-state index contributed by atoms with van der Waals surface area (Å²) in [5.74, 6) is 0. The Morgan fingerprint density at radius 3 is 2.78 bits per heavy atom. The van der Waals surface area contributed by atoms with Crippen LogP contribution >= 0.6 is 11.6 Å². The smallest absolute Gasteiger partial charge is 0.248 e. The van der Waals surface area contributed by atoms with Gasteiger partial charge in [-0.25, -0.2) is 0 Å². The van der Waals surface area contributed by atoms with Crippen LogP contribution < -0.4 is 0 Å². The molecule has 1 aliphatic rings. The monoisotopic (exact) mass is 148 g/mol. The largest absolute Gasteiger partial charge is 0.276 e. The lowest BCUT2D eigenvalue weighted by molar-refractivity contribution is -0.108. The van der Waals surface area contributed by atoms with Crippen molar-refractivity contribution in [2.45, 2.75) is 12.8 Å². The van der Waals surface area contributed by atoms with Gasteiger partial charge in [-0.1, -0.05) is 18.2 Å². The molecule has 9 heavy (non-hydrogen) atoms. The Labute approximate surface area is 59.0 Å². The first-order valence-electron chi connectivity index (χ1n) is 2.86. The highest BCUT2D eigenvalue weighted by atomic mass is 35.5. The van der Waals surface area contributed by atoms with Crippen molar-refractivity contribution in [3.05, 3.63) is 23.8 Å². The summed E-state index contributed by atoms with van der Waals surface area (Å²) in [6, 6.07) is 0. The van der Waals surface area contributed by atoms with E-state index in [1.807, 2.05) is 12.2 Å². The molecule has 0 radical (unpaired) electrons. The average molecular weight is 149 g/mol. The maximum Gasteiger partial charge on any atom is 0.248 e. The van der Waals surface area contributed by atoms with Crippen molar-refractivity contribution in [3.63, 3.8) is 0 Å². The maximum absolute atomic E-state index is 10.5. The summed E-state index contributed by atoms with van der Waals surface area (Å²) >= 11 is 5.22. The van der Waals surface area contributed by atoms with E-state index in [4.69, 9.17) is 11.6 Å². The van der Waals surface area contributed by atoms with Gasteiger partial charge in [-0.15, -0.1) is 0 Å². The van der Waals surface area contributed by atoms with E-state index >= 15 is 0 Å². The van der Waals surface area contributed by atoms with Crippen molar-refractivity contribution in [1.82, 2.24) is 0 Å². The van der Waals surface area contributed by atoms with Crippen LogP contribution in [0.5, 0.6) is 0 Å². The second kappa shape index (κ2) is 2.83. The van der Waals surface area contributed by atoms with E-state index in [9.17, 15) is 4.79 Å². The second-order valence-corrected chi connectivity index (χ2v) is 2.28. The molecule has 0 heterocycles. The zero-order valence-corrected chi connectivity index (χ0v) is 5.69. The van der Waals surface area contributed by atoms with Gasteiger partial charge in [-0.05, 0) is 24.4 Å². The third-order valence-electron chi connectivity index (χ3n) is 1.27. The molecule has 0 saturated carbocycles. The van der Waals surface area contributed by atoms with Crippen molar-refractivity contribution in [3.8, 4) is 0 Å². The fraction of sp³-hybridized carbons (Fsp3) is 0.286. The molecule has 0 N–H and O–H groups in total. The van der Waals surface area contributed by atoms with E-state index in [0.29, 0.717) is 0 Å². The van der Waals surface area contributed by atoms with Crippen LogP contribution in [0.2, 0.25) is 0 Å². The van der Waals surface area contributed by atoms with Crippen LogP contribution in [0.3, 0.4) is 0 Å². The molecule has 0 saturated heterocycles. The molecule has 0 aromatic carbocycles. The van der Waals surface area contributed by atoms with Crippen LogP contribution in [-0.2, 0) is 4.79 Å². The van der Waals surface area contributed by atoms with Gasteiger partial charge >= 0.3 is 0 Å². The third kappa shape index (κ3) is 1.68. The van der Waals surface area contributed by atoms with Crippen LogP contribution in [-0.4, -0.2) is 5.24 Å². The van der Waals surface area contributed by atoms with Gasteiger partial charge in [0, 0.05) is 5.57 Å². The Bertz CT molecular complexity index is 179. The molecular formula is C7H7ClO. The summed E-state index contributed by atoms with van der Waals surface area (Å²) in [6.45, 7) is 0. The number of rotatable bonds is 1. The Morgan fingerprint density at radius 1 is 1.67 bits per heavy atom. The first-order valence-corrected chi connectivity index (χ1v) is 3.24. The number of hydrogen-bond donors (Lipinski definition) is 0. The minimum atomic E-state index is -0.320. The fourth-order valence-electron chi connectivity index (χ4n) is 0.766. The summed E-state index contributed by atoms with van der Waals surface area (Å²) in [7, 11) is 0. The van der Waals surface area contributed by atoms with Gasteiger partial charge in [0.25, 0.3) is 0 Å². The number of allylic oxidation sites excluding steroid dienone is 4. The Kier molecular flexibility index (Phi) is 2.06. The lowest BCUT2D eigenvalue weighted by Crippen LogP contribution is -1.94. The van der Waals surface area contributed by atoms with E-state index in [2.05, 4.69) is 0 Å². The third-order valence-corrected chi connectivity index (χ3v) is 1.51. The van der Waals surface area contributed by atoms with Crippen molar-refractivity contribution < 1.29 is 4.79 Å². The summed E-state index contributed by atoms with van der Waals surface area (Å²) in [4.78, 5) is 10.5. The molecule has 1 rings (SSSR count). The second-order valence-electron chi connectivity index (χ2n) is 1.93. The topological polar surface area (TPSA) is 17.1 Å². The number of halogens is 1. The molecule has 0 amide bonds. The van der Waals surface area contributed by atoms with Gasteiger partial charge in [-0.2, -0.15) is 0 Å². The number of carbonyl (C=O) groups is 1. The maximum atomic E-state index is 10.5. The van der Waals surface area contributed by atoms with Crippen LogP contribution in [0, 0.1) is 0 Å². The SMILES string of the molecule is O=C(Cl)[13C]1=[13CH][13CH]=[13CH][13CH2][13CH2]1. The summed E-state index contributed by atoms with van der Waals surface area (Å²) in [6.07, 6.45) is 7.37. The molecule has 0 aromatic heterocycles. The lowest BCUT2D eigenvalue weighted by atomic mass is 10.9. The zero-order valence-electron chi connectivity index (χ0n) is 4.93. The molecule has 0 atom stereocenters. The van der Waals surface area contributed by atoms with Crippen LogP contribution in [0.15, 0.2) is 23.8 Å². The molecule has 0 aliphatic heterocycles. The first kappa shape index (κ1) is 6.56. The van der Waals surface area contributed by atoms with Crippen molar-refractivity contribution in [2.24, 2.45) is 0 Å². The van der Waals surface area contributed by atoms with Crippen molar-refractivity contribution >= 4 is 16.8 Å². The lowest BCUT2D eigenvalue weighted by Gasteiger charge is -2.00. The van der Waals surface area contributed by atoms with Gasteiger partial charge < -0.3 is 0 Å². The van der Waals surface area contributed by atoms with Crippen LogP contribution in [0.4, 0.5) is 0 Å². The van der Waals surface area contributed by atoms with E-state index < -0.39 is 0 Å². The Balaban J connectivity index is 2.68. The summed E-state index contributed by atoms with van der Waals surface area (Å²) in [5, 5.41) is -0.320. The minimum Gasteiger partial charge on any atom is -0.276 e. The predicted octanol–water partition coefficient (Wildman–Crippen LogP) is 2.03. The molecule has 0 spiro atoms. The highest BCUT2D eigenvalue weighted by Gasteiger charge is 2.04. The molecule has 1 nitrogen and oxygen atoms in total. The first-order chi connectivity index (χ1) is 4.30. The standard InChI is InChI=1S/C7H7ClO/c8-7(9)6-4-2-1-3-5-6/h1-2,4H,3,5H2/i1+1,2+1,3+1,4+1,5+1,6+1. The molecule has 48 valence electrons. The van der Waals surface area contributed by atoms with E-state index in [0.717, 1.165) is 18.4 Å². The zero-order chi connectivity index (χ0) is 6.69. The highest BCUT2D eigenvalue weighted by molar-refractivity contribution is 6.67. The molecule has 2 heteroatoms. The normalized spacial score (nSPS) is 17.2. The van der Waals surface area contributed by atoms with Crippen molar-refractivity contribution in [2.75, 3.05) is 0 Å². The van der Waals surface area contributed by atoms with Gasteiger partial charge in [0.05, 0.1) is 0 Å². The summed E-state index contributed by atoms with van der Waals surface area (Å²) in [5.41, 5.74) is 0.721. The van der Waals surface area contributed by atoms with Gasteiger partial charge in [-0.3, -0.25) is 4.79 Å². The highest BCUT2D eigenvalue weighted by Crippen LogP contribution is 2.13. The van der Waals surface area contributed by atoms with E-state index in [-0.39, 0.29) is 5.24 Å². The molecule has 0 fully saturated rings. The number of hydrogen-bond acceptors (Lipinski definition) is 1. The predicted molar refractivity (Wildman–Crippen MR) is 37.3 cm³/mol.